The Balaban J connectivity index is 2.15. The van der Waals surface area contributed by atoms with E-state index < -0.39 is 0 Å². The highest BCUT2D eigenvalue weighted by Gasteiger charge is 2.21. The number of morpholine rings is 1. The average molecular weight is 252 g/mol. The molecular weight excluding hydrogens is 232 g/mol. The number of aryl methyl sites for hydroxylation is 1. The second-order valence-corrected chi connectivity index (χ2v) is 4.40. The molecule has 2 N–H and O–H groups in total. The van der Waals surface area contributed by atoms with E-state index in [1.54, 1.807) is 6.07 Å². The third kappa shape index (κ3) is 3.08. The van der Waals surface area contributed by atoms with Gasteiger partial charge in [-0.1, -0.05) is 6.92 Å². The van der Waals surface area contributed by atoms with E-state index in [0.29, 0.717) is 6.61 Å². The van der Waals surface area contributed by atoms with Crippen LogP contribution in [0.25, 0.3) is 0 Å². The number of aromatic amines is 1. The first kappa shape index (κ1) is 13.0. The van der Waals surface area contributed by atoms with Crippen LogP contribution in [0.3, 0.4) is 0 Å². The zero-order chi connectivity index (χ0) is 13.0. The summed E-state index contributed by atoms with van der Waals surface area (Å²) in [6, 6.07) is 1.56. The largest absolute Gasteiger partial charge is 0.373 e. The summed E-state index contributed by atoms with van der Waals surface area (Å²) in [4.78, 5) is 20.9. The van der Waals surface area contributed by atoms with Crippen molar-refractivity contribution in [3.8, 4) is 0 Å². The molecule has 1 aliphatic rings. The minimum atomic E-state index is -0.0893. The minimum Gasteiger partial charge on any atom is -0.373 e. The molecule has 6 nitrogen and oxygen atoms in total. The number of anilines is 1. The fraction of sp³-hybridized carbons (Fsp3) is 0.667. The predicted octanol–water partition coefficient (Wildman–Crippen LogP) is -0.243. The van der Waals surface area contributed by atoms with Gasteiger partial charge in [0.05, 0.1) is 12.7 Å². The van der Waals surface area contributed by atoms with Crippen LogP contribution < -0.4 is 15.8 Å². The Bertz CT molecular complexity index is 444. The van der Waals surface area contributed by atoms with E-state index in [1.807, 2.05) is 14.0 Å². The van der Waals surface area contributed by atoms with Crippen LogP contribution in [-0.4, -0.2) is 49.4 Å². The van der Waals surface area contributed by atoms with Gasteiger partial charge in [0.1, 0.15) is 11.6 Å². The van der Waals surface area contributed by atoms with Gasteiger partial charge in [0.25, 0.3) is 5.56 Å². The molecule has 0 radical (unpaired) electrons. The second-order valence-electron chi connectivity index (χ2n) is 4.40. The quantitative estimate of drug-likeness (QED) is 0.774. The average Bonchev–Trinajstić information content (AvgIpc) is 2.39. The summed E-state index contributed by atoms with van der Waals surface area (Å²) in [6.45, 7) is 4.99. The summed E-state index contributed by atoms with van der Waals surface area (Å²) >= 11 is 0. The van der Waals surface area contributed by atoms with Crippen molar-refractivity contribution >= 4 is 5.82 Å². The Kier molecular flexibility index (Phi) is 4.33. The summed E-state index contributed by atoms with van der Waals surface area (Å²) in [5.41, 5.74) is -0.0893. The number of likely N-dealkylation sites (N-methyl/N-ethyl adjacent to an activating group) is 1. The van der Waals surface area contributed by atoms with Crippen molar-refractivity contribution < 1.29 is 4.74 Å². The third-order valence-corrected chi connectivity index (χ3v) is 3.01. The highest BCUT2D eigenvalue weighted by atomic mass is 16.5. The number of ether oxygens (including phenoxy) is 1. The molecule has 1 fully saturated rings. The Labute approximate surface area is 106 Å². The van der Waals surface area contributed by atoms with E-state index in [2.05, 4.69) is 20.2 Å². The van der Waals surface area contributed by atoms with Crippen LogP contribution in [0.1, 0.15) is 12.7 Å². The van der Waals surface area contributed by atoms with Crippen LogP contribution >= 0.6 is 0 Å². The van der Waals surface area contributed by atoms with Gasteiger partial charge in [-0.25, -0.2) is 4.98 Å². The van der Waals surface area contributed by atoms with Crippen molar-refractivity contribution in [1.29, 1.82) is 0 Å². The lowest BCUT2D eigenvalue weighted by molar-refractivity contribution is 0.0419. The number of hydrogen-bond donors (Lipinski definition) is 2. The molecule has 2 heterocycles. The van der Waals surface area contributed by atoms with Crippen LogP contribution in [0.15, 0.2) is 10.9 Å². The molecule has 0 bridgehead atoms. The van der Waals surface area contributed by atoms with E-state index in [9.17, 15) is 4.79 Å². The maximum absolute atomic E-state index is 11.6. The smallest absolute Gasteiger partial charge is 0.252 e. The number of nitrogens with zero attached hydrogens (tertiary/aromatic N) is 2. The Morgan fingerprint density at radius 1 is 1.67 bits per heavy atom. The maximum Gasteiger partial charge on any atom is 0.252 e. The van der Waals surface area contributed by atoms with Gasteiger partial charge in [-0.2, -0.15) is 0 Å². The topological polar surface area (TPSA) is 70.2 Å². The van der Waals surface area contributed by atoms with Crippen molar-refractivity contribution in [1.82, 2.24) is 15.3 Å². The normalized spacial score (nSPS) is 20.1. The summed E-state index contributed by atoms with van der Waals surface area (Å²) in [7, 11) is 1.91. The lowest BCUT2D eigenvalue weighted by Gasteiger charge is -2.33. The van der Waals surface area contributed by atoms with Gasteiger partial charge >= 0.3 is 0 Å². The van der Waals surface area contributed by atoms with Gasteiger partial charge in [0.2, 0.25) is 0 Å². The fourth-order valence-electron chi connectivity index (χ4n) is 2.10. The molecular formula is C12H20N4O2. The van der Waals surface area contributed by atoms with Crippen LogP contribution in [-0.2, 0) is 11.2 Å². The molecule has 1 aliphatic heterocycles. The van der Waals surface area contributed by atoms with Crippen LogP contribution in [0.4, 0.5) is 5.82 Å². The maximum atomic E-state index is 11.6. The predicted molar refractivity (Wildman–Crippen MR) is 70.1 cm³/mol. The van der Waals surface area contributed by atoms with Crippen molar-refractivity contribution in [2.75, 3.05) is 38.2 Å². The zero-order valence-electron chi connectivity index (χ0n) is 10.9. The highest BCUT2D eigenvalue weighted by Crippen LogP contribution is 2.13. The molecule has 0 aromatic carbocycles. The van der Waals surface area contributed by atoms with Crippen molar-refractivity contribution in [2.45, 2.75) is 19.4 Å². The molecule has 1 unspecified atom stereocenters. The van der Waals surface area contributed by atoms with Crippen molar-refractivity contribution in [2.24, 2.45) is 0 Å². The van der Waals surface area contributed by atoms with Crippen LogP contribution in [0.5, 0.6) is 0 Å². The molecule has 0 aliphatic carbocycles. The zero-order valence-corrected chi connectivity index (χ0v) is 10.9. The molecule has 18 heavy (non-hydrogen) atoms. The van der Waals surface area contributed by atoms with Crippen LogP contribution in [0, 0.1) is 0 Å². The Morgan fingerprint density at radius 2 is 2.50 bits per heavy atom. The summed E-state index contributed by atoms with van der Waals surface area (Å²) in [6.07, 6.45) is 0.878. The molecule has 1 saturated heterocycles. The number of H-pyrrole nitrogens is 1. The lowest BCUT2D eigenvalue weighted by Crippen LogP contribution is -2.46. The molecule has 0 saturated carbocycles. The summed E-state index contributed by atoms with van der Waals surface area (Å²) in [5, 5.41) is 3.10. The number of hydrogen-bond acceptors (Lipinski definition) is 5. The van der Waals surface area contributed by atoms with Gasteiger partial charge in [0, 0.05) is 32.1 Å². The van der Waals surface area contributed by atoms with Gasteiger partial charge < -0.3 is 19.9 Å². The van der Waals surface area contributed by atoms with E-state index >= 15 is 0 Å². The van der Waals surface area contributed by atoms with E-state index in [4.69, 9.17) is 4.74 Å². The first-order chi connectivity index (χ1) is 8.72. The van der Waals surface area contributed by atoms with E-state index in [-0.39, 0.29) is 11.7 Å². The van der Waals surface area contributed by atoms with Crippen molar-refractivity contribution in [3.63, 3.8) is 0 Å². The SMILES string of the molecule is CCc1nc(N2CCOC(CNC)C2)cc(=O)[nH]1. The standard InChI is InChI=1S/C12H20N4O2/c1-3-10-14-11(6-12(17)15-10)16-4-5-18-9(8-16)7-13-2/h6,9,13H,3-5,7-8H2,1-2H3,(H,14,15,17). The molecule has 6 heteroatoms. The first-order valence-corrected chi connectivity index (χ1v) is 6.34. The Hall–Kier alpha value is -1.40. The molecule has 2 rings (SSSR count). The molecule has 0 amide bonds. The van der Waals surface area contributed by atoms with Crippen molar-refractivity contribution in [3.05, 3.63) is 22.2 Å². The van der Waals surface area contributed by atoms with E-state index in [0.717, 1.165) is 37.7 Å². The first-order valence-electron chi connectivity index (χ1n) is 6.34. The summed E-state index contributed by atoms with van der Waals surface area (Å²) < 4.78 is 5.64. The molecule has 1 aromatic rings. The molecule has 1 aromatic heterocycles. The fourth-order valence-corrected chi connectivity index (χ4v) is 2.10. The molecule has 1 atom stereocenters. The van der Waals surface area contributed by atoms with E-state index in [1.165, 1.54) is 0 Å². The van der Waals surface area contributed by atoms with Gasteiger partial charge in [-0.05, 0) is 7.05 Å². The Morgan fingerprint density at radius 3 is 3.22 bits per heavy atom. The molecule has 0 spiro atoms. The van der Waals surface area contributed by atoms with Gasteiger partial charge in [-0.3, -0.25) is 4.79 Å². The number of aromatic nitrogens is 2. The second kappa shape index (κ2) is 5.97. The number of nitrogens with one attached hydrogen (secondary N) is 2. The third-order valence-electron chi connectivity index (χ3n) is 3.01. The van der Waals surface area contributed by atoms with Gasteiger partial charge in [0.15, 0.2) is 0 Å². The highest BCUT2D eigenvalue weighted by molar-refractivity contribution is 5.38. The number of rotatable bonds is 4. The lowest BCUT2D eigenvalue weighted by atomic mass is 10.2. The molecule has 100 valence electrons. The van der Waals surface area contributed by atoms with Crippen LogP contribution in [0.2, 0.25) is 0 Å². The summed E-state index contributed by atoms with van der Waals surface area (Å²) in [5.74, 6) is 1.48. The monoisotopic (exact) mass is 252 g/mol. The van der Waals surface area contributed by atoms with Gasteiger partial charge in [-0.15, -0.1) is 0 Å². The minimum absolute atomic E-state index is 0.0893.